The van der Waals surface area contributed by atoms with Crippen LogP contribution in [0.4, 0.5) is 0 Å². The second-order valence-corrected chi connectivity index (χ2v) is 4.78. The maximum Gasteiger partial charge on any atom is 0.138 e. The van der Waals surface area contributed by atoms with Crippen LogP contribution in [0, 0.1) is 11.2 Å². The molecule has 1 heterocycles. The topological polar surface area (TPSA) is 32.3 Å². The third-order valence-electron chi connectivity index (χ3n) is 2.08. The van der Waals surface area contributed by atoms with Crippen molar-refractivity contribution in [1.29, 1.82) is 0 Å². The van der Waals surface area contributed by atoms with Gasteiger partial charge >= 0.3 is 0 Å². The van der Waals surface area contributed by atoms with E-state index in [9.17, 15) is 5.11 Å². The third-order valence-corrected chi connectivity index (χ3v) is 2.92. The molecule has 1 fully saturated rings. The average molecular weight is 297 g/mol. The predicted molar refractivity (Wildman–Crippen MR) is 61.0 cm³/mol. The first-order chi connectivity index (χ1) is 5.67. The first-order valence-corrected chi connectivity index (χ1v) is 7.28. The van der Waals surface area contributed by atoms with Gasteiger partial charge in [-0.05, 0) is 40.5 Å². The molecule has 68 valence electrons. The minimum Gasteiger partial charge on any atom is -0.376 e. The summed E-state index contributed by atoms with van der Waals surface area (Å²) >= 11 is 2.10. The molecule has 0 aliphatic carbocycles. The molecule has 0 amide bonds. The van der Waals surface area contributed by atoms with E-state index >= 15 is 0 Å². The summed E-state index contributed by atoms with van der Waals surface area (Å²) in [6.07, 6.45) is 2.16. The van der Waals surface area contributed by atoms with Crippen molar-refractivity contribution in [2.45, 2.75) is 31.4 Å². The lowest BCUT2D eigenvalue weighted by molar-refractivity contribution is 0.0844. The molecular formula is C8H12INOS. The van der Waals surface area contributed by atoms with E-state index in [1.54, 1.807) is 6.92 Å². The lowest BCUT2D eigenvalue weighted by Crippen LogP contribution is -2.44. The zero-order valence-corrected chi connectivity index (χ0v) is 9.91. The van der Waals surface area contributed by atoms with Gasteiger partial charge in [0.1, 0.15) is 5.60 Å². The molecule has 0 bridgehead atoms. The van der Waals surface area contributed by atoms with Crippen molar-refractivity contribution < 1.29 is 5.11 Å². The molecule has 0 aromatic heterocycles. The molecular weight excluding hydrogens is 285 g/mol. The van der Waals surface area contributed by atoms with Crippen molar-refractivity contribution in [3.8, 4) is 11.2 Å². The Bertz CT molecular complexity index is 203. The van der Waals surface area contributed by atoms with Crippen LogP contribution < -0.4 is 5.32 Å². The highest BCUT2D eigenvalue weighted by Crippen LogP contribution is 2.19. The fourth-order valence-electron chi connectivity index (χ4n) is 1.37. The van der Waals surface area contributed by atoms with Crippen LogP contribution in [0.15, 0.2) is 0 Å². The highest BCUT2D eigenvalue weighted by Gasteiger charge is 2.31. The molecule has 1 saturated heterocycles. The Morgan fingerprint density at radius 1 is 1.75 bits per heavy atom. The average Bonchev–Trinajstić information content (AvgIpc) is 2.53. The molecule has 1 rings (SSSR count). The number of hydrogen-bond donors (Lipinski definition) is 2. The Hall–Kier alpha value is 0.560. The van der Waals surface area contributed by atoms with Gasteiger partial charge in [0.25, 0.3) is 0 Å². The van der Waals surface area contributed by atoms with E-state index in [1.165, 1.54) is 8.93 Å². The maximum absolute atomic E-state index is 9.89. The first kappa shape index (κ1) is 10.6. The minimum absolute atomic E-state index is 0.147. The van der Waals surface area contributed by atoms with Gasteiger partial charge in [-0.2, -0.15) is 0 Å². The molecule has 0 radical (unpaired) electrons. The molecule has 12 heavy (non-hydrogen) atoms. The summed E-state index contributed by atoms with van der Waals surface area (Å²) in [6.45, 7) is 2.77. The molecule has 1 aliphatic rings. The van der Waals surface area contributed by atoms with E-state index in [1.807, 2.05) is 0 Å². The van der Waals surface area contributed by atoms with Crippen LogP contribution in [0.25, 0.3) is 0 Å². The molecule has 4 heteroatoms. The number of nitrogens with one attached hydrogen (secondary N) is 1. The Kier molecular flexibility index (Phi) is 4.17. The lowest BCUT2D eigenvalue weighted by Gasteiger charge is -2.24. The van der Waals surface area contributed by atoms with E-state index in [0.717, 1.165) is 19.4 Å². The fourth-order valence-corrected chi connectivity index (χ4v) is 1.95. The normalized spacial score (nSPS) is 27.4. The van der Waals surface area contributed by atoms with Crippen LogP contribution in [0.2, 0.25) is 0 Å². The van der Waals surface area contributed by atoms with Crippen LogP contribution in [0.3, 0.4) is 0 Å². The molecule has 0 saturated carbocycles. The monoisotopic (exact) mass is 297 g/mol. The van der Waals surface area contributed by atoms with Crippen molar-refractivity contribution in [3.63, 3.8) is 0 Å². The fraction of sp³-hybridized carbons (Fsp3) is 0.750. The van der Waals surface area contributed by atoms with Gasteiger partial charge in [0, 0.05) is 27.2 Å². The molecule has 0 aromatic carbocycles. The predicted octanol–water partition coefficient (Wildman–Crippen LogP) is 1.53. The molecule has 1 aliphatic heterocycles. The molecule has 0 aromatic rings. The summed E-state index contributed by atoms with van der Waals surface area (Å²) in [5.74, 6) is 2.85. The van der Waals surface area contributed by atoms with Gasteiger partial charge in [0.05, 0.1) is 0 Å². The molecule has 2 atom stereocenters. The van der Waals surface area contributed by atoms with Gasteiger partial charge in [-0.25, -0.2) is 0 Å². The summed E-state index contributed by atoms with van der Waals surface area (Å²) in [6, 6.07) is 0.147. The highest BCUT2D eigenvalue weighted by molar-refractivity contribution is 14.2. The van der Waals surface area contributed by atoms with E-state index in [4.69, 9.17) is 0 Å². The van der Waals surface area contributed by atoms with Crippen molar-refractivity contribution >= 4 is 30.1 Å². The summed E-state index contributed by atoms with van der Waals surface area (Å²) < 4.78 is 0. The lowest BCUT2D eigenvalue weighted by atomic mass is 9.96. The van der Waals surface area contributed by atoms with E-state index in [0.29, 0.717) is 0 Å². The largest absolute Gasteiger partial charge is 0.376 e. The van der Waals surface area contributed by atoms with Crippen LogP contribution in [0.5, 0.6) is 0 Å². The van der Waals surface area contributed by atoms with Crippen molar-refractivity contribution in [3.05, 3.63) is 0 Å². The van der Waals surface area contributed by atoms with Gasteiger partial charge in [-0.3, -0.25) is 0 Å². The van der Waals surface area contributed by atoms with E-state index < -0.39 is 5.60 Å². The van der Waals surface area contributed by atoms with Gasteiger partial charge < -0.3 is 10.4 Å². The SMILES string of the molecule is C[C@](O)(C#CSI)[C@@H]1CCCN1. The standard InChI is InChI=1S/C8H12INOS/c1-8(11,4-6-12-9)7-3-2-5-10-7/h7,10-11H,2-3,5H2,1H3/t7-,8-/m0/s1. The molecule has 0 unspecified atom stereocenters. The number of rotatable bonds is 1. The van der Waals surface area contributed by atoms with Crippen molar-refractivity contribution in [1.82, 2.24) is 5.32 Å². The van der Waals surface area contributed by atoms with E-state index in [-0.39, 0.29) is 6.04 Å². The number of aliphatic hydroxyl groups is 1. The molecule has 2 N–H and O–H groups in total. The number of halogens is 1. The van der Waals surface area contributed by atoms with Crippen molar-refractivity contribution in [2.75, 3.05) is 6.54 Å². The third kappa shape index (κ3) is 2.80. The van der Waals surface area contributed by atoms with Crippen LogP contribution in [-0.4, -0.2) is 23.3 Å². The minimum atomic E-state index is -0.866. The summed E-state index contributed by atoms with van der Waals surface area (Å²) in [5.41, 5.74) is -0.866. The molecule has 2 nitrogen and oxygen atoms in total. The van der Waals surface area contributed by atoms with Gasteiger partial charge in [-0.1, -0.05) is 5.92 Å². The Labute approximate surface area is 89.5 Å². The Balaban J connectivity index is 2.56. The molecule has 0 spiro atoms. The highest BCUT2D eigenvalue weighted by atomic mass is 127. The van der Waals surface area contributed by atoms with E-state index in [2.05, 4.69) is 37.7 Å². The summed E-state index contributed by atoms with van der Waals surface area (Å²) in [5, 5.41) is 16.0. The van der Waals surface area contributed by atoms with Crippen LogP contribution in [0.1, 0.15) is 19.8 Å². The zero-order chi connectivity index (χ0) is 9.03. The number of hydrogen-bond acceptors (Lipinski definition) is 3. The first-order valence-electron chi connectivity index (χ1n) is 3.92. The quantitative estimate of drug-likeness (QED) is 0.569. The van der Waals surface area contributed by atoms with Gasteiger partial charge in [0.15, 0.2) is 0 Å². The summed E-state index contributed by atoms with van der Waals surface area (Å²) in [7, 11) is 1.41. The smallest absolute Gasteiger partial charge is 0.138 e. The maximum atomic E-state index is 9.89. The second-order valence-electron chi connectivity index (χ2n) is 3.10. The zero-order valence-electron chi connectivity index (χ0n) is 6.93. The Morgan fingerprint density at radius 2 is 2.50 bits per heavy atom. The van der Waals surface area contributed by atoms with Crippen LogP contribution >= 0.6 is 30.1 Å². The van der Waals surface area contributed by atoms with Crippen LogP contribution in [-0.2, 0) is 0 Å². The van der Waals surface area contributed by atoms with Gasteiger partial charge in [0.2, 0.25) is 0 Å². The summed E-state index contributed by atoms with van der Waals surface area (Å²) in [4.78, 5) is 0. The Morgan fingerprint density at radius 3 is 3.00 bits per heavy atom. The van der Waals surface area contributed by atoms with Crippen molar-refractivity contribution in [2.24, 2.45) is 0 Å². The second kappa shape index (κ2) is 4.70. The van der Waals surface area contributed by atoms with Gasteiger partial charge in [-0.15, -0.1) is 0 Å².